The molecule has 0 N–H and O–H groups in total. The molecule has 3 fully saturated rings. The Kier molecular flexibility index (Phi) is 2.60. The fourth-order valence-corrected chi connectivity index (χ4v) is 3.07. The van der Waals surface area contributed by atoms with Gasteiger partial charge in [0.25, 0.3) is 0 Å². The van der Waals surface area contributed by atoms with Gasteiger partial charge in [0.15, 0.2) is 6.10 Å². The highest BCUT2D eigenvalue weighted by molar-refractivity contribution is 5.67. The summed E-state index contributed by atoms with van der Waals surface area (Å²) < 4.78 is 21.7. The minimum Gasteiger partial charge on any atom is -0.463 e. The summed E-state index contributed by atoms with van der Waals surface area (Å²) in [5.74, 6) is -0.451. The van der Waals surface area contributed by atoms with Crippen molar-refractivity contribution in [3.05, 3.63) is 0 Å². The second-order valence-electron chi connectivity index (χ2n) is 5.15. The predicted octanol–water partition coefficient (Wildman–Crippen LogP) is 0.0375. The van der Waals surface area contributed by atoms with Crippen molar-refractivity contribution in [1.29, 1.82) is 0 Å². The summed E-state index contributed by atoms with van der Waals surface area (Å²) in [6.07, 6.45) is 0.121. The minimum atomic E-state index is -0.501. The van der Waals surface area contributed by atoms with Crippen molar-refractivity contribution in [3.63, 3.8) is 0 Å². The van der Waals surface area contributed by atoms with E-state index in [0.717, 1.165) is 6.42 Å². The maximum atomic E-state index is 11.1. The molecule has 0 aromatic carbocycles. The maximum absolute atomic E-state index is 11.1. The number of hydrogen-bond acceptors (Lipinski definition) is 6. The van der Waals surface area contributed by atoms with E-state index < -0.39 is 5.60 Å². The van der Waals surface area contributed by atoms with Crippen molar-refractivity contribution in [1.82, 2.24) is 0 Å². The van der Waals surface area contributed by atoms with Crippen LogP contribution in [0.2, 0.25) is 0 Å². The van der Waals surface area contributed by atoms with E-state index in [1.807, 2.05) is 0 Å². The molecule has 0 aromatic heterocycles. The molecule has 0 unspecified atom stereocenters. The van der Waals surface area contributed by atoms with Gasteiger partial charge in [-0.25, -0.2) is 0 Å². The molecule has 6 nitrogen and oxygen atoms in total. The van der Waals surface area contributed by atoms with Gasteiger partial charge in [0.2, 0.25) is 0 Å². The quantitative estimate of drug-likeness (QED) is 0.524. The van der Waals surface area contributed by atoms with Crippen molar-refractivity contribution in [2.75, 3.05) is 13.2 Å². The molecule has 6 heteroatoms. The average molecular weight is 256 g/mol. The lowest BCUT2D eigenvalue weighted by molar-refractivity contribution is -0.154. The first-order valence-corrected chi connectivity index (χ1v) is 6.13. The van der Waals surface area contributed by atoms with Crippen LogP contribution < -0.4 is 0 Å². The Morgan fingerprint density at radius 3 is 2.78 bits per heavy atom. The Labute approximate surface area is 105 Å². The lowest BCUT2D eigenvalue weighted by Crippen LogP contribution is -2.46. The highest BCUT2D eigenvalue weighted by Crippen LogP contribution is 2.56. The third-order valence-electron chi connectivity index (χ3n) is 3.96. The summed E-state index contributed by atoms with van der Waals surface area (Å²) in [6, 6.07) is 0. The predicted molar refractivity (Wildman–Crippen MR) is 57.6 cm³/mol. The summed E-state index contributed by atoms with van der Waals surface area (Å²) in [4.78, 5) is 22.0. The molecule has 2 aliphatic heterocycles. The van der Waals surface area contributed by atoms with Crippen LogP contribution in [0.5, 0.6) is 0 Å². The molecule has 2 bridgehead atoms. The van der Waals surface area contributed by atoms with Crippen LogP contribution in [-0.4, -0.2) is 49.1 Å². The summed E-state index contributed by atoms with van der Waals surface area (Å²) in [7, 11) is 0. The number of fused-ring (bicyclic) bond motifs is 4. The molecule has 100 valence electrons. The van der Waals surface area contributed by atoms with Crippen LogP contribution in [0.15, 0.2) is 0 Å². The minimum absolute atomic E-state index is 0.0862. The van der Waals surface area contributed by atoms with E-state index in [1.54, 1.807) is 0 Å². The third kappa shape index (κ3) is 1.71. The van der Waals surface area contributed by atoms with E-state index in [-0.39, 0.29) is 42.8 Å². The summed E-state index contributed by atoms with van der Waals surface area (Å²) in [5.41, 5.74) is -0.501. The van der Waals surface area contributed by atoms with Crippen molar-refractivity contribution in [2.24, 2.45) is 5.92 Å². The second-order valence-corrected chi connectivity index (χ2v) is 5.15. The van der Waals surface area contributed by atoms with Crippen LogP contribution in [-0.2, 0) is 28.5 Å². The van der Waals surface area contributed by atoms with E-state index in [0.29, 0.717) is 6.61 Å². The van der Waals surface area contributed by atoms with Gasteiger partial charge in [0, 0.05) is 19.8 Å². The molecular formula is C12H16O6. The average Bonchev–Trinajstić information content (AvgIpc) is 2.86. The second kappa shape index (κ2) is 3.93. The van der Waals surface area contributed by atoms with Crippen LogP contribution >= 0.6 is 0 Å². The van der Waals surface area contributed by atoms with Gasteiger partial charge < -0.3 is 18.9 Å². The van der Waals surface area contributed by atoms with Gasteiger partial charge >= 0.3 is 11.9 Å². The SMILES string of the molecule is CC(=O)OC[C@]12O[C@H]1[C@@H](OC(C)=O)[C@H]1C[C@@H]2CO1. The topological polar surface area (TPSA) is 74.4 Å². The standard InChI is InChI=1S/C12H16O6/c1-6(13)16-5-12-8-3-9(15-4-8)10(11(12)18-12)17-7(2)14/h8-11H,3-5H2,1-2H3/t8-,9-,10+,11+,12-/m1/s1. The van der Waals surface area contributed by atoms with Gasteiger partial charge in [-0.15, -0.1) is 0 Å². The van der Waals surface area contributed by atoms with E-state index >= 15 is 0 Å². The fraction of sp³-hybridized carbons (Fsp3) is 0.833. The highest BCUT2D eigenvalue weighted by atomic mass is 16.7. The van der Waals surface area contributed by atoms with E-state index in [9.17, 15) is 9.59 Å². The monoisotopic (exact) mass is 256 g/mol. The van der Waals surface area contributed by atoms with Crippen molar-refractivity contribution < 1.29 is 28.5 Å². The summed E-state index contributed by atoms with van der Waals surface area (Å²) in [6.45, 7) is 3.53. The van der Waals surface area contributed by atoms with Crippen LogP contribution in [0.25, 0.3) is 0 Å². The molecule has 5 atom stereocenters. The molecule has 3 aliphatic rings. The molecule has 0 radical (unpaired) electrons. The first-order valence-electron chi connectivity index (χ1n) is 6.13. The van der Waals surface area contributed by atoms with Crippen LogP contribution in [0.1, 0.15) is 20.3 Å². The van der Waals surface area contributed by atoms with Gasteiger partial charge in [0.05, 0.1) is 12.7 Å². The van der Waals surface area contributed by atoms with Gasteiger partial charge in [0.1, 0.15) is 18.3 Å². The first kappa shape index (κ1) is 11.9. The molecule has 1 saturated carbocycles. The van der Waals surface area contributed by atoms with Crippen molar-refractivity contribution >= 4 is 11.9 Å². The number of rotatable bonds is 3. The number of carbonyl (C=O) groups excluding carboxylic acids is 2. The fourth-order valence-electron chi connectivity index (χ4n) is 3.07. The van der Waals surface area contributed by atoms with Crippen LogP contribution in [0, 0.1) is 5.92 Å². The Bertz CT molecular complexity index is 394. The number of epoxide rings is 1. The molecule has 0 spiro atoms. The Morgan fingerprint density at radius 2 is 2.11 bits per heavy atom. The van der Waals surface area contributed by atoms with E-state index in [4.69, 9.17) is 18.9 Å². The van der Waals surface area contributed by atoms with E-state index in [2.05, 4.69) is 0 Å². The third-order valence-corrected chi connectivity index (χ3v) is 3.96. The number of esters is 2. The molecule has 1 aliphatic carbocycles. The van der Waals surface area contributed by atoms with Crippen molar-refractivity contribution in [2.45, 2.75) is 44.2 Å². The summed E-state index contributed by atoms with van der Waals surface area (Å²) >= 11 is 0. The smallest absolute Gasteiger partial charge is 0.303 e. The first-order chi connectivity index (χ1) is 8.53. The number of hydrogen-bond donors (Lipinski definition) is 0. The van der Waals surface area contributed by atoms with Crippen molar-refractivity contribution in [3.8, 4) is 0 Å². The zero-order valence-corrected chi connectivity index (χ0v) is 10.4. The lowest BCUT2D eigenvalue weighted by Gasteiger charge is -2.28. The lowest BCUT2D eigenvalue weighted by atomic mass is 9.79. The maximum Gasteiger partial charge on any atom is 0.303 e. The summed E-state index contributed by atoms with van der Waals surface area (Å²) in [5, 5.41) is 0. The van der Waals surface area contributed by atoms with Crippen LogP contribution in [0.3, 0.4) is 0 Å². The zero-order valence-electron chi connectivity index (χ0n) is 10.4. The normalized spacial score (nSPS) is 44.1. The zero-order chi connectivity index (χ0) is 12.9. The number of ether oxygens (including phenoxy) is 4. The molecule has 3 rings (SSSR count). The number of carbonyl (C=O) groups is 2. The van der Waals surface area contributed by atoms with Gasteiger partial charge in [-0.2, -0.15) is 0 Å². The molecular weight excluding hydrogens is 240 g/mol. The Hall–Kier alpha value is -1.14. The molecule has 0 amide bonds. The Morgan fingerprint density at radius 1 is 1.33 bits per heavy atom. The van der Waals surface area contributed by atoms with E-state index in [1.165, 1.54) is 13.8 Å². The highest BCUT2D eigenvalue weighted by Gasteiger charge is 2.73. The van der Waals surface area contributed by atoms with Crippen LogP contribution in [0.4, 0.5) is 0 Å². The largest absolute Gasteiger partial charge is 0.463 e. The Balaban J connectivity index is 1.74. The van der Waals surface area contributed by atoms with Gasteiger partial charge in [-0.05, 0) is 6.42 Å². The molecule has 2 saturated heterocycles. The molecule has 0 aromatic rings. The van der Waals surface area contributed by atoms with Gasteiger partial charge in [-0.3, -0.25) is 9.59 Å². The molecule has 2 heterocycles. The molecule has 18 heavy (non-hydrogen) atoms. The van der Waals surface area contributed by atoms with Gasteiger partial charge in [-0.1, -0.05) is 0 Å².